The van der Waals surface area contributed by atoms with Gasteiger partial charge in [0.15, 0.2) is 0 Å². The summed E-state index contributed by atoms with van der Waals surface area (Å²) in [5.74, 6) is 5.68. The second-order valence-corrected chi connectivity index (χ2v) is 12.9. The Hall–Kier alpha value is -4.65. The summed E-state index contributed by atoms with van der Waals surface area (Å²) in [4.78, 5) is 12.2. The molecule has 0 amide bonds. The normalized spacial score (nSPS) is 11.6. The molecule has 9 heteroatoms. The first-order valence-electron chi connectivity index (χ1n) is 12.1. The molecule has 0 unspecified atom stereocenters. The summed E-state index contributed by atoms with van der Waals surface area (Å²) < 4.78 is 61.4. The molecule has 0 aliphatic heterocycles. The van der Waals surface area contributed by atoms with Crippen molar-refractivity contribution in [2.75, 3.05) is 3.71 Å². The summed E-state index contributed by atoms with van der Waals surface area (Å²) >= 11 is 0. The van der Waals surface area contributed by atoms with Gasteiger partial charge in [-0.15, -0.1) is 0 Å². The van der Waals surface area contributed by atoms with Gasteiger partial charge in [-0.2, -0.15) is 3.71 Å². The molecule has 0 radical (unpaired) electrons. The fourth-order valence-electron chi connectivity index (χ4n) is 3.99. The van der Waals surface area contributed by atoms with Gasteiger partial charge >= 0.3 is 5.63 Å². The van der Waals surface area contributed by atoms with Crippen LogP contribution in [0.3, 0.4) is 0 Å². The molecule has 7 nitrogen and oxygen atoms in total. The van der Waals surface area contributed by atoms with E-state index in [1.54, 1.807) is 50.2 Å². The monoisotopic (exact) mass is 569 g/mol. The number of hydrogen-bond donors (Lipinski definition) is 0. The average Bonchev–Trinajstić information content (AvgIpc) is 2.93. The Morgan fingerprint density at radius 2 is 1.20 bits per heavy atom. The number of fused-ring (bicyclic) bond motifs is 1. The lowest BCUT2D eigenvalue weighted by atomic mass is 10.1. The number of benzene rings is 4. The van der Waals surface area contributed by atoms with Gasteiger partial charge in [0, 0.05) is 10.9 Å². The quantitative estimate of drug-likeness (QED) is 0.208. The third-order valence-corrected chi connectivity index (χ3v) is 10.3. The molecule has 5 aromatic rings. The number of anilines is 1. The molecular weight excluding hydrogens is 546 g/mol. The molecule has 0 fully saturated rings. The van der Waals surface area contributed by atoms with Crippen molar-refractivity contribution in [1.29, 1.82) is 0 Å². The summed E-state index contributed by atoms with van der Waals surface area (Å²) in [6.45, 7) is 3.60. The van der Waals surface area contributed by atoms with E-state index in [2.05, 4.69) is 11.8 Å². The summed E-state index contributed by atoms with van der Waals surface area (Å²) in [5, 5.41) is 0.303. The van der Waals surface area contributed by atoms with Gasteiger partial charge in [0.2, 0.25) is 0 Å². The van der Waals surface area contributed by atoms with Crippen LogP contribution in [0.2, 0.25) is 0 Å². The molecule has 0 aliphatic carbocycles. The lowest BCUT2D eigenvalue weighted by Gasteiger charge is -2.24. The van der Waals surface area contributed by atoms with Crippen molar-refractivity contribution in [1.82, 2.24) is 0 Å². The van der Waals surface area contributed by atoms with Gasteiger partial charge in [-0.3, -0.25) is 0 Å². The summed E-state index contributed by atoms with van der Waals surface area (Å²) in [5.41, 5.74) is 1.70. The Balaban J connectivity index is 1.70. The number of hydrogen-bond acceptors (Lipinski definition) is 6. The van der Waals surface area contributed by atoms with Crippen LogP contribution in [0.15, 0.2) is 122 Å². The van der Waals surface area contributed by atoms with E-state index in [4.69, 9.17) is 4.42 Å². The number of aryl methyl sites for hydroxylation is 2. The highest BCUT2D eigenvalue weighted by Gasteiger charge is 2.37. The van der Waals surface area contributed by atoms with E-state index in [9.17, 15) is 21.6 Å². The first-order valence-corrected chi connectivity index (χ1v) is 15.0. The average molecular weight is 570 g/mol. The van der Waals surface area contributed by atoms with E-state index < -0.39 is 25.7 Å². The molecule has 0 N–H and O–H groups in total. The fraction of sp³-hybridized carbons (Fsp3) is 0.0645. The van der Waals surface area contributed by atoms with E-state index in [0.29, 0.717) is 14.7 Å². The van der Waals surface area contributed by atoms with Crippen molar-refractivity contribution in [3.63, 3.8) is 0 Å². The maximum Gasteiger partial charge on any atom is 0.352 e. The lowest BCUT2D eigenvalue weighted by molar-refractivity contribution is 0.558. The van der Waals surface area contributed by atoms with Crippen molar-refractivity contribution >= 4 is 36.7 Å². The number of sulfonamides is 2. The van der Waals surface area contributed by atoms with Crippen molar-refractivity contribution in [3.05, 3.63) is 136 Å². The minimum atomic E-state index is -4.59. The second kappa shape index (κ2) is 10.5. The van der Waals surface area contributed by atoms with Crippen LogP contribution in [0.1, 0.15) is 22.3 Å². The smallest absolute Gasteiger partial charge is 0.352 e. The molecule has 40 heavy (non-hydrogen) atoms. The van der Waals surface area contributed by atoms with Gasteiger partial charge in [-0.05, 0) is 74.5 Å². The van der Waals surface area contributed by atoms with Crippen molar-refractivity contribution in [2.45, 2.75) is 23.6 Å². The van der Waals surface area contributed by atoms with E-state index in [1.165, 1.54) is 48.5 Å². The minimum absolute atomic E-state index is 0.0443. The predicted molar refractivity (Wildman–Crippen MR) is 154 cm³/mol. The van der Waals surface area contributed by atoms with Crippen LogP contribution in [0.25, 0.3) is 11.0 Å². The van der Waals surface area contributed by atoms with Crippen LogP contribution in [0.5, 0.6) is 0 Å². The van der Waals surface area contributed by atoms with E-state index in [0.717, 1.165) is 11.1 Å². The zero-order valence-electron chi connectivity index (χ0n) is 21.5. The third kappa shape index (κ3) is 5.27. The van der Waals surface area contributed by atoms with Gasteiger partial charge in [-0.25, -0.2) is 21.6 Å². The van der Waals surface area contributed by atoms with Gasteiger partial charge in [-0.1, -0.05) is 65.4 Å². The second-order valence-electron chi connectivity index (χ2n) is 9.12. The SMILES string of the molecule is Cc1ccc(S(=O)(=O)N(c2ccc3oc(=O)c(C#Cc4ccccc4)cc3c2)S(=O)(=O)c2ccc(C)cc2)cc1. The molecule has 200 valence electrons. The zero-order valence-corrected chi connectivity index (χ0v) is 23.2. The highest BCUT2D eigenvalue weighted by molar-refractivity contribution is 8.10. The minimum Gasteiger partial charge on any atom is -0.422 e. The molecule has 0 saturated carbocycles. The predicted octanol–water partition coefficient (Wildman–Crippen LogP) is 5.39. The summed E-state index contributed by atoms with van der Waals surface area (Å²) in [6, 6.07) is 26.3. The molecule has 0 spiro atoms. The highest BCUT2D eigenvalue weighted by Crippen LogP contribution is 2.33. The molecule has 0 atom stereocenters. The van der Waals surface area contributed by atoms with Crippen LogP contribution in [-0.2, 0) is 20.0 Å². The van der Waals surface area contributed by atoms with Gasteiger partial charge in [0.05, 0.1) is 15.5 Å². The molecule has 0 bridgehead atoms. The molecule has 0 saturated heterocycles. The largest absolute Gasteiger partial charge is 0.422 e. The van der Waals surface area contributed by atoms with Crippen LogP contribution < -0.4 is 9.34 Å². The number of rotatable bonds is 5. The van der Waals surface area contributed by atoms with Gasteiger partial charge in [0.25, 0.3) is 20.0 Å². The Bertz CT molecular complexity index is 1980. The Morgan fingerprint density at radius 1 is 0.650 bits per heavy atom. The molecule has 4 aromatic carbocycles. The van der Waals surface area contributed by atoms with E-state index in [-0.39, 0.29) is 26.6 Å². The zero-order chi connectivity index (χ0) is 28.5. The van der Waals surface area contributed by atoms with Crippen LogP contribution in [-0.4, -0.2) is 16.8 Å². The molecular formula is C31H23NO6S2. The maximum atomic E-state index is 13.9. The van der Waals surface area contributed by atoms with Crippen molar-refractivity contribution in [3.8, 4) is 11.8 Å². The summed E-state index contributed by atoms with van der Waals surface area (Å²) in [6.07, 6.45) is 0. The lowest BCUT2D eigenvalue weighted by Crippen LogP contribution is -2.37. The summed E-state index contributed by atoms with van der Waals surface area (Å²) in [7, 11) is -9.19. The Morgan fingerprint density at radius 3 is 1.75 bits per heavy atom. The molecule has 5 rings (SSSR count). The van der Waals surface area contributed by atoms with Crippen LogP contribution in [0.4, 0.5) is 5.69 Å². The Labute approximate surface area is 232 Å². The topological polar surface area (TPSA) is 102 Å². The van der Waals surface area contributed by atoms with E-state index >= 15 is 0 Å². The van der Waals surface area contributed by atoms with Crippen molar-refractivity contribution in [2.24, 2.45) is 0 Å². The fourth-order valence-corrected chi connectivity index (χ4v) is 7.67. The van der Waals surface area contributed by atoms with E-state index in [1.807, 2.05) is 18.2 Å². The van der Waals surface area contributed by atoms with Crippen LogP contribution >= 0.6 is 0 Å². The maximum absolute atomic E-state index is 13.9. The number of nitrogens with zero attached hydrogens (tertiary/aromatic N) is 1. The third-order valence-electron chi connectivity index (χ3n) is 6.12. The molecule has 1 heterocycles. The highest BCUT2D eigenvalue weighted by atomic mass is 32.3. The Kier molecular flexibility index (Phi) is 7.06. The molecule has 0 aliphatic rings. The van der Waals surface area contributed by atoms with Crippen LogP contribution in [0, 0.1) is 25.7 Å². The van der Waals surface area contributed by atoms with Gasteiger partial charge in [0.1, 0.15) is 11.1 Å². The van der Waals surface area contributed by atoms with Crippen molar-refractivity contribution < 1.29 is 21.3 Å². The first kappa shape index (κ1) is 26.9. The molecule has 1 aromatic heterocycles. The standard InChI is InChI=1S/C31H23NO6S2/c1-22-8-15-28(16-9-22)39(34,35)32(40(36,37)29-17-10-23(2)11-18-29)27-14-19-30-26(21-27)20-25(31(33)38-30)13-12-24-6-4-3-5-7-24/h3-11,14-21H,1-2H3. The first-order chi connectivity index (χ1) is 19.1. The van der Waals surface area contributed by atoms with Gasteiger partial charge < -0.3 is 4.42 Å².